The van der Waals surface area contributed by atoms with Crippen LogP contribution in [0.3, 0.4) is 0 Å². The van der Waals surface area contributed by atoms with Crippen LogP contribution in [0.5, 0.6) is 0 Å². The molecule has 4 nitrogen and oxygen atoms in total. The number of nitrogens with one attached hydrogen (secondary N) is 1. The Morgan fingerprint density at radius 1 is 1.27 bits per heavy atom. The monoisotopic (exact) mass is 311 g/mol. The van der Waals surface area contributed by atoms with Gasteiger partial charge in [0.05, 0.1) is 16.8 Å². The molecule has 3 rings (SSSR count). The molecule has 2 heterocycles. The molecule has 1 aromatic carbocycles. The Morgan fingerprint density at radius 2 is 2.05 bits per heavy atom. The number of nitrogens with zero attached hydrogens (tertiary/aromatic N) is 2. The van der Waals surface area contributed by atoms with Gasteiger partial charge >= 0.3 is 0 Å². The molecule has 0 saturated carbocycles. The second-order valence-corrected chi connectivity index (χ2v) is 6.42. The average Bonchev–Trinajstić information content (AvgIpc) is 3.13. The number of carbonyl (C=O) groups excluding carboxylic acids is 1. The van der Waals surface area contributed by atoms with E-state index in [1.807, 2.05) is 56.4 Å². The van der Waals surface area contributed by atoms with Crippen molar-refractivity contribution < 1.29 is 4.79 Å². The zero-order chi connectivity index (χ0) is 15.5. The van der Waals surface area contributed by atoms with Crippen molar-refractivity contribution in [2.45, 2.75) is 20.4 Å². The normalized spacial score (nSPS) is 10.6. The van der Waals surface area contributed by atoms with E-state index in [-0.39, 0.29) is 5.91 Å². The number of amides is 1. The minimum absolute atomic E-state index is 0.0336. The molecule has 0 spiro atoms. The lowest BCUT2D eigenvalue weighted by Crippen LogP contribution is -2.21. The van der Waals surface area contributed by atoms with Crippen molar-refractivity contribution >= 4 is 17.2 Å². The predicted octanol–water partition coefficient (Wildman–Crippen LogP) is 3.48. The summed E-state index contributed by atoms with van der Waals surface area (Å²) >= 11 is 1.53. The summed E-state index contributed by atoms with van der Waals surface area (Å²) in [5.74, 6) is -0.0336. The summed E-state index contributed by atoms with van der Waals surface area (Å²) in [6, 6.07) is 11.8. The molecule has 2 aromatic heterocycles. The maximum Gasteiger partial charge on any atom is 0.261 e. The van der Waals surface area contributed by atoms with E-state index in [4.69, 9.17) is 0 Å². The summed E-state index contributed by atoms with van der Waals surface area (Å²) in [7, 11) is 0. The second-order valence-electron chi connectivity index (χ2n) is 5.16. The summed E-state index contributed by atoms with van der Waals surface area (Å²) in [5, 5.41) is 7.26. The predicted molar refractivity (Wildman–Crippen MR) is 88.5 cm³/mol. The van der Waals surface area contributed by atoms with Gasteiger partial charge in [0.15, 0.2) is 0 Å². The average molecular weight is 311 g/mol. The third-order valence-corrected chi connectivity index (χ3v) is 4.65. The van der Waals surface area contributed by atoms with Gasteiger partial charge in [-0.3, -0.25) is 4.79 Å². The van der Waals surface area contributed by atoms with E-state index in [1.165, 1.54) is 16.2 Å². The van der Waals surface area contributed by atoms with Crippen LogP contribution >= 0.6 is 11.3 Å². The standard InChI is InChI=1S/C17H17N3OS/c1-12-8-16(22-13(12)2)17(21)18-9-14-10-19-20(11-14)15-6-4-3-5-7-15/h3-8,10-11H,9H2,1-2H3,(H,18,21). The first-order chi connectivity index (χ1) is 10.6. The van der Waals surface area contributed by atoms with E-state index >= 15 is 0 Å². The summed E-state index contributed by atoms with van der Waals surface area (Å²) in [5.41, 5.74) is 3.14. The van der Waals surface area contributed by atoms with E-state index in [0.29, 0.717) is 6.54 Å². The number of hydrogen-bond acceptors (Lipinski definition) is 3. The molecular weight excluding hydrogens is 294 g/mol. The molecule has 0 radical (unpaired) electrons. The molecule has 3 aromatic rings. The third kappa shape index (κ3) is 3.09. The van der Waals surface area contributed by atoms with E-state index in [9.17, 15) is 4.79 Å². The van der Waals surface area contributed by atoms with Gasteiger partial charge in [-0.25, -0.2) is 4.68 Å². The fraction of sp³-hybridized carbons (Fsp3) is 0.176. The largest absolute Gasteiger partial charge is 0.347 e. The lowest BCUT2D eigenvalue weighted by molar-refractivity contribution is 0.0955. The Bertz CT molecular complexity index is 770. The topological polar surface area (TPSA) is 46.9 Å². The number of aromatic nitrogens is 2. The maximum atomic E-state index is 12.1. The molecule has 1 amide bonds. The Morgan fingerprint density at radius 3 is 2.73 bits per heavy atom. The number of aryl methyl sites for hydroxylation is 2. The highest BCUT2D eigenvalue weighted by atomic mass is 32.1. The lowest BCUT2D eigenvalue weighted by Gasteiger charge is -2.01. The number of carbonyl (C=O) groups is 1. The van der Waals surface area contributed by atoms with Crippen molar-refractivity contribution in [3.05, 3.63) is 69.7 Å². The Balaban J connectivity index is 1.65. The number of thiophene rings is 1. The molecule has 0 atom stereocenters. The van der Waals surface area contributed by atoms with Gasteiger partial charge < -0.3 is 5.32 Å². The molecule has 0 bridgehead atoms. The molecule has 0 aliphatic carbocycles. The SMILES string of the molecule is Cc1cc(C(=O)NCc2cnn(-c3ccccc3)c2)sc1C. The van der Waals surface area contributed by atoms with Crippen LogP contribution in [0.1, 0.15) is 25.7 Å². The van der Waals surface area contributed by atoms with Gasteiger partial charge in [0.25, 0.3) is 5.91 Å². The zero-order valence-electron chi connectivity index (χ0n) is 12.5. The Labute approximate surface area is 133 Å². The van der Waals surface area contributed by atoms with Gasteiger partial charge in [-0.15, -0.1) is 11.3 Å². The van der Waals surface area contributed by atoms with Crippen LogP contribution in [-0.2, 0) is 6.54 Å². The van der Waals surface area contributed by atoms with Crippen molar-refractivity contribution in [1.82, 2.24) is 15.1 Å². The highest BCUT2D eigenvalue weighted by molar-refractivity contribution is 7.14. The first-order valence-corrected chi connectivity index (χ1v) is 7.89. The van der Waals surface area contributed by atoms with Crippen molar-refractivity contribution in [2.24, 2.45) is 0 Å². The summed E-state index contributed by atoms with van der Waals surface area (Å²) in [6.07, 6.45) is 3.71. The summed E-state index contributed by atoms with van der Waals surface area (Å²) in [4.78, 5) is 14.1. The van der Waals surface area contributed by atoms with Gasteiger partial charge in [0.2, 0.25) is 0 Å². The van der Waals surface area contributed by atoms with Crippen LogP contribution in [0.25, 0.3) is 5.69 Å². The minimum atomic E-state index is -0.0336. The molecule has 1 N–H and O–H groups in total. The number of rotatable bonds is 4. The van der Waals surface area contributed by atoms with E-state index in [1.54, 1.807) is 10.9 Å². The van der Waals surface area contributed by atoms with E-state index < -0.39 is 0 Å². The summed E-state index contributed by atoms with van der Waals surface area (Å²) < 4.78 is 1.81. The molecule has 0 unspecified atom stereocenters. The fourth-order valence-electron chi connectivity index (χ4n) is 2.13. The van der Waals surface area contributed by atoms with Crippen molar-refractivity contribution in [1.29, 1.82) is 0 Å². The molecule has 0 aliphatic rings. The first kappa shape index (κ1) is 14.5. The van der Waals surface area contributed by atoms with Crippen LogP contribution in [-0.4, -0.2) is 15.7 Å². The van der Waals surface area contributed by atoms with Gasteiger partial charge in [-0.05, 0) is 37.6 Å². The van der Waals surface area contributed by atoms with Gasteiger partial charge in [0.1, 0.15) is 0 Å². The number of hydrogen-bond donors (Lipinski definition) is 1. The highest BCUT2D eigenvalue weighted by Gasteiger charge is 2.10. The van der Waals surface area contributed by atoms with Crippen LogP contribution < -0.4 is 5.32 Å². The fourth-order valence-corrected chi connectivity index (χ4v) is 3.08. The second kappa shape index (κ2) is 6.15. The number of benzene rings is 1. The quantitative estimate of drug-likeness (QED) is 0.802. The molecule has 112 valence electrons. The minimum Gasteiger partial charge on any atom is -0.347 e. The first-order valence-electron chi connectivity index (χ1n) is 7.07. The zero-order valence-corrected chi connectivity index (χ0v) is 13.4. The van der Waals surface area contributed by atoms with Crippen molar-refractivity contribution in [3.63, 3.8) is 0 Å². The van der Waals surface area contributed by atoms with Crippen LogP contribution in [0.2, 0.25) is 0 Å². The van der Waals surface area contributed by atoms with Crippen LogP contribution in [0.4, 0.5) is 0 Å². The lowest BCUT2D eigenvalue weighted by atomic mass is 10.3. The third-order valence-electron chi connectivity index (χ3n) is 3.50. The molecular formula is C17H17N3OS. The van der Waals surface area contributed by atoms with Gasteiger partial charge in [-0.1, -0.05) is 18.2 Å². The smallest absolute Gasteiger partial charge is 0.261 e. The highest BCUT2D eigenvalue weighted by Crippen LogP contribution is 2.20. The molecule has 0 fully saturated rings. The Kier molecular flexibility index (Phi) is 4.06. The van der Waals surface area contributed by atoms with Crippen LogP contribution in [0, 0.1) is 13.8 Å². The molecule has 0 aliphatic heterocycles. The van der Waals surface area contributed by atoms with E-state index in [2.05, 4.69) is 10.4 Å². The van der Waals surface area contributed by atoms with Crippen molar-refractivity contribution in [3.8, 4) is 5.69 Å². The maximum absolute atomic E-state index is 12.1. The van der Waals surface area contributed by atoms with Gasteiger partial charge in [0, 0.05) is 23.2 Å². The Hall–Kier alpha value is -2.40. The van der Waals surface area contributed by atoms with Gasteiger partial charge in [-0.2, -0.15) is 5.10 Å². The van der Waals surface area contributed by atoms with E-state index in [0.717, 1.165) is 21.7 Å². The molecule has 5 heteroatoms. The summed E-state index contributed by atoms with van der Waals surface area (Å²) in [6.45, 7) is 4.52. The molecule has 22 heavy (non-hydrogen) atoms. The number of para-hydroxylation sites is 1. The van der Waals surface area contributed by atoms with Crippen LogP contribution in [0.15, 0.2) is 48.8 Å². The van der Waals surface area contributed by atoms with Crippen molar-refractivity contribution in [2.75, 3.05) is 0 Å². The molecule has 0 saturated heterocycles.